The zero-order valence-corrected chi connectivity index (χ0v) is 17.7. The molecule has 0 unspecified atom stereocenters. The van der Waals surface area contributed by atoms with Gasteiger partial charge in [-0.3, -0.25) is 4.79 Å². The molecule has 0 fully saturated rings. The van der Waals surface area contributed by atoms with E-state index in [2.05, 4.69) is 49.7 Å². The van der Waals surface area contributed by atoms with Crippen LogP contribution < -0.4 is 10.3 Å². The maximum Gasteiger partial charge on any atom is 0.285 e. The predicted molar refractivity (Wildman–Crippen MR) is 117 cm³/mol. The number of aromatic nitrogens is 2. The smallest absolute Gasteiger partial charge is 0.285 e. The highest BCUT2D eigenvalue weighted by Gasteiger charge is 2.12. The summed E-state index contributed by atoms with van der Waals surface area (Å²) in [7, 11) is 1.61. The fraction of sp³-hybridized carbons (Fsp3) is 0.250. The van der Waals surface area contributed by atoms with Crippen LogP contribution in [0.4, 0.5) is 0 Å². The third kappa shape index (κ3) is 5.28. The molecular weight excluding hydrogens is 384 g/mol. The quantitative estimate of drug-likeness (QED) is 0.594. The molecule has 0 atom stereocenters. The summed E-state index contributed by atoms with van der Waals surface area (Å²) in [5.74, 6) is 6.65. The van der Waals surface area contributed by atoms with Gasteiger partial charge in [0.15, 0.2) is 5.69 Å². The number of ether oxygens (including phenoxy) is 1. The van der Waals surface area contributed by atoms with Gasteiger partial charge in [0.05, 0.1) is 13.7 Å². The van der Waals surface area contributed by atoms with Crippen LogP contribution in [0.25, 0.3) is 0 Å². The number of hydrogen-bond acceptors (Lipinski definition) is 3. The molecule has 0 radical (unpaired) electrons. The molecule has 2 aromatic carbocycles. The van der Waals surface area contributed by atoms with E-state index < -0.39 is 0 Å². The molecule has 148 valence electrons. The zero-order chi connectivity index (χ0) is 21.0. The molecule has 0 saturated carbocycles. The molecule has 0 amide bonds. The number of halogens is 1. The molecule has 0 aliphatic rings. The summed E-state index contributed by atoms with van der Waals surface area (Å²) in [4.78, 5) is 16.9. The number of methoxy groups -OCH3 is 1. The largest absolute Gasteiger partial charge is 0.497 e. The van der Waals surface area contributed by atoms with Gasteiger partial charge in [0.1, 0.15) is 10.9 Å². The van der Waals surface area contributed by atoms with Crippen molar-refractivity contribution in [1.29, 1.82) is 0 Å². The topological polar surface area (TPSA) is 44.1 Å². The van der Waals surface area contributed by atoms with Crippen LogP contribution in [-0.4, -0.2) is 16.7 Å². The molecule has 0 aliphatic heterocycles. The Morgan fingerprint density at radius 3 is 2.28 bits per heavy atom. The van der Waals surface area contributed by atoms with Crippen molar-refractivity contribution >= 4 is 11.6 Å². The van der Waals surface area contributed by atoms with Crippen LogP contribution in [0.1, 0.15) is 43.2 Å². The number of nitrogens with zero attached hydrogens (tertiary/aromatic N) is 2. The van der Waals surface area contributed by atoms with E-state index in [1.165, 1.54) is 16.3 Å². The second kappa shape index (κ2) is 8.55. The highest BCUT2D eigenvalue weighted by Crippen LogP contribution is 2.22. The molecule has 3 rings (SSSR count). The minimum atomic E-state index is -0.274. The third-order valence-electron chi connectivity index (χ3n) is 4.53. The van der Waals surface area contributed by atoms with Crippen LogP contribution in [0.15, 0.2) is 59.5 Å². The first-order valence-electron chi connectivity index (χ1n) is 9.29. The predicted octanol–water partition coefficient (Wildman–Crippen LogP) is 4.65. The van der Waals surface area contributed by atoms with E-state index in [1.54, 1.807) is 7.11 Å². The Morgan fingerprint density at radius 1 is 1.03 bits per heavy atom. The van der Waals surface area contributed by atoms with E-state index >= 15 is 0 Å². The molecule has 0 aliphatic carbocycles. The standard InChI is InChI=1S/C24H23ClN2O2/c1-24(2,3)19-10-5-17(6-11-19)9-14-21-23(28)27(16-22(25)26-21)15-18-7-12-20(29-4)13-8-18/h5-8,10-13,16H,15H2,1-4H3. The van der Waals surface area contributed by atoms with Gasteiger partial charge in [0.2, 0.25) is 0 Å². The molecule has 1 aromatic heterocycles. The molecule has 1 heterocycles. The van der Waals surface area contributed by atoms with Crippen LogP contribution in [0.5, 0.6) is 5.75 Å². The summed E-state index contributed by atoms with van der Waals surface area (Å²) in [6.45, 7) is 6.86. The van der Waals surface area contributed by atoms with Gasteiger partial charge in [-0.2, -0.15) is 0 Å². The number of rotatable bonds is 3. The highest BCUT2D eigenvalue weighted by atomic mass is 35.5. The third-order valence-corrected chi connectivity index (χ3v) is 4.71. The van der Waals surface area contributed by atoms with Crippen molar-refractivity contribution in [3.05, 3.63) is 92.6 Å². The Bertz CT molecular complexity index is 1110. The van der Waals surface area contributed by atoms with E-state index in [1.807, 2.05) is 36.4 Å². The van der Waals surface area contributed by atoms with Crippen molar-refractivity contribution in [2.75, 3.05) is 7.11 Å². The van der Waals surface area contributed by atoms with Crippen molar-refractivity contribution in [2.24, 2.45) is 0 Å². The average Bonchev–Trinajstić information content (AvgIpc) is 2.69. The molecule has 0 N–H and O–H groups in total. The Kier molecular flexibility index (Phi) is 6.10. The van der Waals surface area contributed by atoms with E-state index in [-0.39, 0.29) is 21.8 Å². The molecule has 0 saturated heterocycles. The van der Waals surface area contributed by atoms with Crippen LogP contribution >= 0.6 is 11.6 Å². The molecule has 0 spiro atoms. The van der Waals surface area contributed by atoms with Crippen LogP contribution in [0.2, 0.25) is 5.15 Å². The van der Waals surface area contributed by atoms with E-state index in [0.29, 0.717) is 6.54 Å². The summed E-state index contributed by atoms with van der Waals surface area (Å²) >= 11 is 6.13. The lowest BCUT2D eigenvalue weighted by atomic mass is 9.87. The molecule has 29 heavy (non-hydrogen) atoms. The maximum absolute atomic E-state index is 12.8. The molecule has 5 heteroatoms. The first kappa shape index (κ1) is 20.7. The second-order valence-electron chi connectivity index (χ2n) is 7.77. The van der Waals surface area contributed by atoms with Crippen molar-refractivity contribution < 1.29 is 4.74 Å². The van der Waals surface area contributed by atoms with Gasteiger partial charge in [-0.15, -0.1) is 0 Å². The lowest BCUT2D eigenvalue weighted by Gasteiger charge is -2.18. The SMILES string of the molecule is COc1ccc(Cn2cc(Cl)nc(C#Cc3ccc(C(C)(C)C)cc3)c2=O)cc1. The normalized spacial score (nSPS) is 10.9. The molecular formula is C24H23ClN2O2. The van der Waals surface area contributed by atoms with Gasteiger partial charge < -0.3 is 9.30 Å². The van der Waals surface area contributed by atoms with Gasteiger partial charge in [0, 0.05) is 11.8 Å². The van der Waals surface area contributed by atoms with Crippen LogP contribution in [0, 0.1) is 11.8 Å². The summed E-state index contributed by atoms with van der Waals surface area (Å²) in [6.07, 6.45) is 1.53. The monoisotopic (exact) mass is 406 g/mol. The Balaban J connectivity index is 1.87. The van der Waals surface area contributed by atoms with E-state index in [0.717, 1.165) is 16.9 Å². The second-order valence-corrected chi connectivity index (χ2v) is 8.16. The maximum atomic E-state index is 12.8. The lowest BCUT2D eigenvalue weighted by Crippen LogP contribution is -2.24. The van der Waals surface area contributed by atoms with Gasteiger partial charge in [-0.1, -0.05) is 62.6 Å². The minimum Gasteiger partial charge on any atom is -0.497 e. The molecule has 4 nitrogen and oxygen atoms in total. The summed E-state index contributed by atoms with van der Waals surface area (Å²) < 4.78 is 6.68. The fourth-order valence-electron chi connectivity index (χ4n) is 2.82. The first-order valence-corrected chi connectivity index (χ1v) is 9.66. The molecule has 0 bridgehead atoms. The zero-order valence-electron chi connectivity index (χ0n) is 17.0. The van der Waals surface area contributed by atoms with Gasteiger partial charge >= 0.3 is 0 Å². The summed E-state index contributed by atoms with van der Waals surface area (Å²) in [6, 6.07) is 15.5. The van der Waals surface area contributed by atoms with E-state index in [4.69, 9.17) is 16.3 Å². The van der Waals surface area contributed by atoms with Crippen molar-refractivity contribution in [3.8, 4) is 17.6 Å². The minimum absolute atomic E-state index is 0.0790. The van der Waals surface area contributed by atoms with Gasteiger partial charge in [-0.05, 0) is 46.7 Å². The summed E-state index contributed by atoms with van der Waals surface area (Å²) in [5.41, 5.74) is 2.93. The van der Waals surface area contributed by atoms with Crippen LogP contribution in [0.3, 0.4) is 0 Å². The Labute approximate surface area is 176 Å². The van der Waals surface area contributed by atoms with Crippen LogP contribution in [-0.2, 0) is 12.0 Å². The van der Waals surface area contributed by atoms with Crippen molar-refractivity contribution in [1.82, 2.24) is 9.55 Å². The van der Waals surface area contributed by atoms with Crippen molar-refractivity contribution in [3.63, 3.8) is 0 Å². The first-order chi connectivity index (χ1) is 13.8. The Morgan fingerprint density at radius 2 is 1.69 bits per heavy atom. The average molecular weight is 407 g/mol. The fourth-order valence-corrected chi connectivity index (χ4v) is 3.02. The summed E-state index contributed by atoms with van der Waals surface area (Å²) in [5, 5.41) is 0.227. The van der Waals surface area contributed by atoms with Gasteiger partial charge in [0.25, 0.3) is 5.56 Å². The van der Waals surface area contributed by atoms with Crippen molar-refractivity contribution in [2.45, 2.75) is 32.7 Å². The van der Waals surface area contributed by atoms with Gasteiger partial charge in [-0.25, -0.2) is 4.98 Å². The highest BCUT2D eigenvalue weighted by molar-refractivity contribution is 6.29. The number of benzene rings is 2. The lowest BCUT2D eigenvalue weighted by molar-refractivity contribution is 0.414. The number of hydrogen-bond donors (Lipinski definition) is 0. The van der Waals surface area contributed by atoms with E-state index in [9.17, 15) is 4.79 Å². The molecule has 3 aromatic rings. The Hall–Kier alpha value is -3.03.